The lowest BCUT2D eigenvalue weighted by Gasteiger charge is -2.56. The van der Waals surface area contributed by atoms with Crippen molar-refractivity contribution in [2.75, 3.05) is 11.5 Å². The number of Topliss-reactive ketones (excluding diaryl/α,β-unsaturated/α-hetero) is 1. The third-order valence-electron chi connectivity index (χ3n) is 7.68. The second-order valence-electron chi connectivity index (χ2n) is 9.82. The van der Waals surface area contributed by atoms with Crippen LogP contribution in [-0.4, -0.2) is 45.7 Å². The van der Waals surface area contributed by atoms with Gasteiger partial charge in [0, 0.05) is 18.4 Å². The van der Waals surface area contributed by atoms with Gasteiger partial charge in [-0.25, -0.2) is 8.42 Å². The second-order valence-corrected chi connectivity index (χ2v) is 13.4. The number of nitrogens with zero attached hydrogens (tertiary/aromatic N) is 3. The normalized spacial score (nSPS) is 39.4. The van der Waals surface area contributed by atoms with Crippen molar-refractivity contribution in [1.29, 1.82) is 0 Å². The predicted octanol–water partition coefficient (Wildman–Crippen LogP) is 2.98. The Kier molecular flexibility index (Phi) is 4.47. The summed E-state index contributed by atoms with van der Waals surface area (Å²) in [5.74, 6) is 3.74. The maximum Gasteiger partial charge on any atom is 0.191 e. The average molecular weight is 424 g/mol. The van der Waals surface area contributed by atoms with Crippen molar-refractivity contribution in [3.05, 3.63) is 5.82 Å². The van der Waals surface area contributed by atoms with Gasteiger partial charge in [-0.2, -0.15) is 0 Å². The van der Waals surface area contributed by atoms with Crippen LogP contribution in [0.4, 0.5) is 0 Å². The van der Waals surface area contributed by atoms with Crippen molar-refractivity contribution in [3.8, 4) is 0 Å². The first-order valence-corrected chi connectivity index (χ1v) is 13.3. The maximum absolute atomic E-state index is 13.5. The van der Waals surface area contributed by atoms with Crippen LogP contribution in [0, 0.1) is 23.2 Å². The van der Waals surface area contributed by atoms with E-state index >= 15 is 0 Å². The van der Waals surface area contributed by atoms with Gasteiger partial charge >= 0.3 is 0 Å². The molecule has 0 radical (unpaired) electrons. The SMILES string of the molecule is C[C@@H](Sc1nnc([C@@H]2CCS(=O)(=O)C2)n1C)C(=O)C12CC3CC(CC(C3)C1)C2. The molecule has 1 aromatic rings. The molecule has 2 atom stereocenters. The standard InChI is InChI=1S/C20H29N3O3S2/c1-12(17(24)20-8-13-5-14(9-20)7-15(6-13)10-20)27-19-22-21-18(23(19)2)16-3-4-28(25,26)11-16/h12-16H,3-11H2,1-2H3/t12-,13?,14?,15?,16-,20?/m1/s1. The van der Waals surface area contributed by atoms with Gasteiger partial charge in [-0.3, -0.25) is 4.79 Å². The van der Waals surface area contributed by atoms with Gasteiger partial charge in [0.05, 0.1) is 16.8 Å². The Bertz CT molecular complexity index is 873. The van der Waals surface area contributed by atoms with E-state index < -0.39 is 9.84 Å². The topological polar surface area (TPSA) is 81.9 Å². The van der Waals surface area contributed by atoms with Gasteiger partial charge in [0.15, 0.2) is 20.8 Å². The molecule has 5 fully saturated rings. The highest BCUT2D eigenvalue weighted by molar-refractivity contribution is 8.00. The van der Waals surface area contributed by atoms with E-state index in [2.05, 4.69) is 10.2 Å². The molecule has 0 N–H and O–H groups in total. The number of rotatable bonds is 5. The van der Waals surface area contributed by atoms with Crippen LogP contribution in [0.5, 0.6) is 0 Å². The van der Waals surface area contributed by atoms with Crippen LogP contribution in [0.3, 0.4) is 0 Å². The van der Waals surface area contributed by atoms with Crippen molar-refractivity contribution in [2.45, 2.75) is 68.2 Å². The summed E-state index contributed by atoms with van der Waals surface area (Å²) in [4.78, 5) is 13.5. The smallest absolute Gasteiger partial charge is 0.191 e. The molecule has 1 aliphatic heterocycles. The Balaban J connectivity index is 1.31. The molecular weight excluding hydrogens is 394 g/mol. The summed E-state index contributed by atoms with van der Waals surface area (Å²) in [6, 6.07) is 0. The van der Waals surface area contributed by atoms with E-state index in [1.165, 1.54) is 31.0 Å². The van der Waals surface area contributed by atoms with Crippen molar-refractivity contribution in [2.24, 2.45) is 30.2 Å². The largest absolute Gasteiger partial charge is 0.309 e. The van der Waals surface area contributed by atoms with E-state index in [1.54, 1.807) is 0 Å². The lowest BCUT2D eigenvalue weighted by Crippen LogP contribution is -2.51. The first-order valence-electron chi connectivity index (χ1n) is 10.6. The van der Waals surface area contributed by atoms with Gasteiger partial charge in [0.2, 0.25) is 0 Å². The Morgan fingerprint density at radius 2 is 1.75 bits per heavy atom. The van der Waals surface area contributed by atoms with E-state index in [9.17, 15) is 13.2 Å². The number of carbonyl (C=O) groups excluding carboxylic acids is 1. The summed E-state index contributed by atoms with van der Waals surface area (Å²) < 4.78 is 25.5. The highest BCUT2D eigenvalue weighted by Crippen LogP contribution is 2.61. The number of carbonyl (C=O) groups is 1. The van der Waals surface area contributed by atoms with Gasteiger partial charge in [0.1, 0.15) is 5.82 Å². The zero-order valence-corrected chi connectivity index (χ0v) is 18.3. The van der Waals surface area contributed by atoms with Crippen LogP contribution < -0.4 is 0 Å². The van der Waals surface area contributed by atoms with Gasteiger partial charge in [0.25, 0.3) is 0 Å². The summed E-state index contributed by atoms with van der Waals surface area (Å²) >= 11 is 1.50. The number of ketones is 1. The Morgan fingerprint density at radius 3 is 2.29 bits per heavy atom. The van der Waals surface area contributed by atoms with Crippen LogP contribution in [-0.2, 0) is 21.7 Å². The first-order chi connectivity index (χ1) is 13.2. The summed E-state index contributed by atoms with van der Waals surface area (Å²) in [7, 11) is -1.06. The molecule has 6 nitrogen and oxygen atoms in total. The Morgan fingerprint density at radius 1 is 1.14 bits per heavy atom. The van der Waals surface area contributed by atoms with E-state index in [0.717, 1.165) is 48.0 Å². The van der Waals surface area contributed by atoms with Gasteiger partial charge < -0.3 is 4.57 Å². The number of hydrogen-bond acceptors (Lipinski definition) is 6. The number of hydrogen-bond donors (Lipinski definition) is 0. The van der Waals surface area contributed by atoms with Gasteiger partial charge in [-0.05, 0) is 69.6 Å². The quantitative estimate of drug-likeness (QED) is 0.677. The van der Waals surface area contributed by atoms with Crippen LogP contribution in [0.25, 0.3) is 0 Å². The van der Waals surface area contributed by atoms with Crippen LogP contribution >= 0.6 is 11.8 Å². The summed E-state index contributed by atoms with van der Waals surface area (Å²) in [6.45, 7) is 2.01. The van der Waals surface area contributed by atoms with E-state index in [1.807, 2.05) is 18.5 Å². The van der Waals surface area contributed by atoms with E-state index in [0.29, 0.717) is 12.2 Å². The minimum atomic E-state index is -2.96. The molecule has 5 aliphatic rings. The van der Waals surface area contributed by atoms with E-state index in [-0.39, 0.29) is 28.1 Å². The highest BCUT2D eigenvalue weighted by atomic mass is 32.2. The van der Waals surface area contributed by atoms with Crippen molar-refractivity contribution >= 4 is 27.4 Å². The molecule has 4 saturated carbocycles. The summed E-state index contributed by atoms with van der Waals surface area (Å²) in [5.41, 5.74) is -0.0951. The number of aromatic nitrogens is 3. The van der Waals surface area contributed by atoms with Crippen molar-refractivity contribution < 1.29 is 13.2 Å². The zero-order valence-electron chi connectivity index (χ0n) is 16.6. The molecule has 6 rings (SSSR count). The predicted molar refractivity (Wildman–Crippen MR) is 108 cm³/mol. The Hall–Kier alpha value is -0.890. The fourth-order valence-electron chi connectivity index (χ4n) is 6.84. The molecule has 0 aromatic carbocycles. The molecule has 8 heteroatoms. The fraction of sp³-hybridized carbons (Fsp3) is 0.850. The van der Waals surface area contributed by atoms with Gasteiger partial charge in [-0.1, -0.05) is 11.8 Å². The van der Waals surface area contributed by atoms with Crippen molar-refractivity contribution in [1.82, 2.24) is 14.8 Å². The van der Waals surface area contributed by atoms with Crippen LogP contribution in [0.1, 0.15) is 63.6 Å². The minimum absolute atomic E-state index is 0.0778. The molecule has 2 heterocycles. The van der Waals surface area contributed by atoms with Crippen LogP contribution in [0.15, 0.2) is 5.16 Å². The monoisotopic (exact) mass is 423 g/mol. The molecule has 28 heavy (non-hydrogen) atoms. The lowest BCUT2D eigenvalue weighted by molar-refractivity contribution is -0.143. The van der Waals surface area contributed by atoms with Crippen molar-refractivity contribution in [3.63, 3.8) is 0 Å². The minimum Gasteiger partial charge on any atom is -0.309 e. The molecule has 0 spiro atoms. The maximum atomic E-state index is 13.5. The fourth-order valence-corrected chi connectivity index (χ4v) is 9.59. The zero-order chi connectivity index (χ0) is 19.7. The molecule has 0 unspecified atom stereocenters. The lowest BCUT2D eigenvalue weighted by atomic mass is 9.48. The molecule has 154 valence electrons. The first kappa shape index (κ1) is 19.1. The average Bonchev–Trinajstić information content (AvgIpc) is 3.15. The molecule has 0 amide bonds. The number of sulfone groups is 1. The van der Waals surface area contributed by atoms with E-state index in [4.69, 9.17) is 0 Å². The second kappa shape index (κ2) is 6.56. The molecule has 1 saturated heterocycles. The molecular formula is C20H29N3O3S2. The summed E-state index contributed by atoms with van der Waals surface area (Å²) in [5, 5.41) is 9.18. The summed E-state index contributed by atoms with van der Waals surface area (Å²) in [6.07, 6.45) is 7.90. The van der Waals surface area contributed by atoms with Gasteiger partial charge in [-0.15, -0.1) is 10.2 Å². The Labute approximate surface area is 171 Å². The molecule has 4 aliphatic carbocycles. The van der Waals surface area contributed by atoms with Crippen LogP contribution in [0.2, 0.25) is 0 Å². The third kappa shape index (κ3) is 3.15. The number of thioether (sulfide) groups is 1. The highest BCUT2D eigenvalue weighted by Gasteiger charge is 2.55. The molecule has 4 bridgehead atoms. The third-order valence-corrected chi connectivity index (χ3v) is 10.6. The molecule has 1 aromatic heterocycles.